The summed E-state index contributed by atoms with van der Waals surface area (Å²) in [5.41, 5.74) is 8.48. The summed E-state index contributed by atoms with van der Waals surface area (Å²) in [5.74, 6) is 0. The molecule has 0 atom stereocenters. The van der Waals surface area contributed by atoms with Crippen molar-refractivity contribution in [2.75, 3.05) is 9.80 Å². The second kappa shape index (κ2) is 14.6. The summed E-state index contributed by atoms with van der Waals surface area (Å²) >= 11 is 0. The average Bonchev–Trinajstić information content (AvgIpc) is 3.67. The van der Waals surface area contributed by atoms with Gasteiger partial charge in [0.1, 0.15) is 0 Å². The summed E-state index contributed by atoms with van der Waals surface area (Å²) in [5, 5.41) is 6.16. The molecule has 3 nitrogen and oxygen atoms in total. The standard InChI is InChI=1S/C56H39N3/c1-4-19-42(20-5-1)57(46-37-38-52-51-26-12-13-30-54(51)59(56(52)39-46)44-23-8-3-9-24-44)45-35-33-41(34-36-45)47-27-15-29-50-49(47)28-16-32-55(50)58(43-21-6-2-7-22-43)53-31-14-18-40-17-10-11-25-48(40)53/h1-39H/i33D,34D,35D,36D. The third-order valence-electron chi connectivity index (χ3n) is 11.2. The lowest BCUT2D eigenvalue weighted by Gasteiger charge is -2.28. The van der Waals surface area contributed by atoms with Crippen LogP contribution in [0.15, 0.2) is 236 Å². The van der Waals surface area contributed by atoms with Crippen LogP contribution in [0.4, 0.5) is 34.1 Å². The molecule has 0 fully saturated rings. The average molecular weight is 758 g/mol. The quantitative estimate of drug-likeness (QED) is 0.153. The van der Waals surface area contributed by atoms with Crippen LogP contribution in [0.1, 0.15) is 5.48 Å². The maximum absolute atomic E-state index is 9.75. The van der Waals surface area contributed by atoms with Gasteiger partial charge in [-0.05, 0) is 101 Å². The second-order valence-electron chi connectivity index (χ2n) is 14.6. The van der Waals surface area contributed by atoms with Gasteiger partial charge in [-0.2, -0.15) is 0 Å². The van der Waals surface area contributed by atoms with Crippen molar-refractivity contribution in [3.8, 4) is 16.8 Å². The molecule has 1 heterocycles. The minimum Gasteiger partial charge on any atom is -0.310 e. The van der Waals surface area contributed by atoms with Gasteiger partial charge in [0.25, 0.3) is 0 Å². The first-order chi connectivity index (χ1) is 31.0. The van der Waals surface area contributed by atoms with E-state index in [0.29, 0.717) is 11.3 Å². The molecule has 0 saturated carbocycles. The molecular weight excluding hydrogens is 715 g/mol. The summed E-state index contributed by atoms with van der Waals surface area (Å²) in [6.45, 7) is 0. The van der Waals surface area contributed by atoms with Gasteiger partial charge >= 0.3 is 0 Å². The first kappa shape index (κ1) is 30.3. The molecule has 59 heavy (non-hydrogen) atoms. The fraction of sp³-hybridized carbons (Fsp3) is 0. The summed E-state index contributed by atoms with van der Waals surface area (Å²) in [7, 11) is 0. The third kappa shape index (κ3) is 6.00. The Labute approximate surface area is 349 Å². The Morgan fingerprint density at radius 1 is 0.339 bits per heavy atom. The predicted octanol–water partition coefficient (Wildman–Crippen LogP) is 15.7. The van der Waals surface area contributed by atoms with Crippen LogP contribution >= 0.6 is 0 Å². The Balaban J connectivity index is 1.11. The number of anilines is 6. The van der Waals surface area contributed by atoms with Crippen LogP contribution in [0, 0.1) is 0 Å². The highest BCUT2D eigenvalue weighted by Crippen LogP contribution is 2.44. The molecule has 0 unspecified atom stereocenters. The summed E-state index contributed by atoms with van der Waals surface area (Å²) in [4.78, 5) is 4.12. The maximum atomic E-state index is 9.75. The van der Waals surface area contributed by atoms with Crippen molar-refractivity contribution in [2.45, 2.75) is 0 Å². The molecule has 0 aliphatic rings. The van der Waals surface area contributed by atoms with E-state index in [1.165, 1.54) is 0 Å². The number of aromatic nitrogens is 1. The minimum absolute atomic E-state index is 0.113. The molecule has 0 spiro atoms. The molecule has 0 aliphatic heterocycles. The number of hydrogen-bond acceptors (Lipinski definition) is 2. The van der Waals surface area contributed by atoms with E-state index in [0.717, 1.165) is 71.8 Å². The van der Waals surface area contributed by atoms with Crippen molar-refractivity contribution >= 4 is 77.5 Å². The SMILES string of the molecule is [2H]c1c([2H])c(N(c2ccccc2)c2ccc3c4ccccc4n(-c4ccccc4)c3c2)c([2H])c([2H])c1-c1cccc2c(N(c3ccccc3)c3cccc4ccccc34)cccc12. The van der Waals surface area contributed by atoms with Crippen LogP contribution < -0.4 is 9.80 Å². The summed E-state index contributed by atoms with van der Waals surface area (Å²) in [6.07, 6.45) is 0. The number of rotatable bonds is 8. The molecule has 10 aromatic carbocycles. The first-order valence-electron chi connectivity index (χ1n) is 21.9. The molecule has 11 rings (SSSR count). The Morgan fingerprint density at radius 2 is 0.881 bits per heavy atom. The van der Waals surface area contributed by atoms with Gasteiger partial charge in [-0.25, -0.2) is 0 Å². The van der Waals surface area contributed by atoms with E-state index < -0.39 is 0 Å². The number of hydrogen-bond donors (Lipinski definition) is 0. The van der Waals surface area contributed by atoms with E-state index in [1.54, 1.807) is 0 Å². The van der Waals surface area contributed by atoms with E-state index in [9.17, 15) is 5.48 Å². The number of benzene rings is 10. The molecule has 0 aliphatic carbocycles. The Kier molecular flexibility index (Phi) is 7.48. The van der Waals surface area contributed by atoms with Gasteiger partial charge in [-0.3, -0.25) is 0 Å². The maximum Gasteiger partial charge on any atom is 0.0645 e. The van der Waals surface area contributed by atoms with Gasteiger partial charge in [0.2, 0.25) is 0 Å². The van der Waals surface area contributed by atoms with Gasteiger partial charge < -0.3 is 14.4 Å². The van der Waals surface area contributed by atoms with E-state index >= 15 is 0 Å². The van der Waals surface area contributed by atoms with E-state index in [1.807, 2.05) is 114 Å². The van der Waals surface area contributed by atoms with E-state index in [-0.39, 0.29) is 35.4 Å². The number of fused-ring (bicyclic) bond motifs is 5. The molecule has 11 aromatic rings. The molecule has 3 heteroatoms. The second-order valence-corrected chi connectivity index (χ2v) is 14.6. The lowest BCUT2D eigenvalue weighted by atomic mass is 9.96. The van der Waals surface area contributed by atoms with Crippen molar-refractivity contribution < 1.29 is 5.48 Å². The predicted molar refractivity (Wildman–Crippen MR) is 251 cm³/mol. The van der Waals surface area contributed by atoms with Crippen molar-refractivity contribution in [1.82, 2.24) is 4.57 Å². The zero-order chi connectivity index (χ0) is 42.6. The van der Waals surface area contributed by atoms with Gasteiger partial charge in [0.05, 0.1) is 27.9 Å². The van der Waals surface area contributed by atoms with Gasteiger partial charge in [-0.1, -0.05) is 158 Å². The van der Waals surface area contributed by atoms with Gasteiger partial charge in [0.15, 0.2) is 0 Å². The highest BCUT2D eigenvalue weighted by atomic mass is 15.2. The van der Waals surface area contributed by atoms with Gasteiger partial charge in [0, 0.05) is 50.0 Å². The minimum atomic E-state index is -0.131. The van der Waals surface area contributed by atoms with Crippen LogP contribution in [-0.4, -0.2) is 4.57 Å². The van der Waals surface area contributed by atoms with Crippen LogP contribution in [0.5, 0.6) is 0 Å². The normalized spacial score (nSPS) is 12.3. The highest BCUT2D eigenvalue weighted by Gasteiger charge is 2.20. The first-order valence-corrected chi connectivity index (χ1v) is 19.9. The number of para-hydroxylation sites is 4. The molecule has 0 saturated heterocycles. The fourth-order valence-electron chi connectivity index (χ4n) is 8.58. The lowest BCUT2D eigenvalue weighted by molar-refractivity contribution is 1.18. The van der Waals surface area contributed by atoms with E-state index in [4.69, 9.17) is 0 Å². The monoisotopic (exact) mass is 757 g/mol. The van der Waals surface area contributed by atoms with Crippen LogP contribution in [0.2, 0.25) is 0 Å². The Hall–Kier alpha value is -7.88. The molecule has 278 valence electrons. The zero-order valence-corrected chi connectivity index (χ0v) is 32.0. The zero-order valence-electron chi connectivity index (χ0n) is 36.0. The third-order valence-corrected chi connectivity index (χ3v) is 11.2. The van der Waals surface area contributed by atoms with Crippen molar-refractivity contribution in [3.63, 3.8) is 0 Å². The molecular formula is C56H39N3. The smallest absolute Gasteiger partial charge is 0.0645 e. The number of nitrogens with zero attached hydrogens (tertiary/aromatic N) is 3. The summed E-state index contributed by atoms with van der Waals surface area (Å²) in [6, 6.07) is 71.0. The molecule has 0 amide bonds. The largest absolute Gasteiger partial charge is 0.310 e. The Morgan fingerprint density at radius 3 is 1.64 bits per heavy atom. The van der Waals surface area contributed by atoms with Crippen molar-refractivity contribution in [3.05, 3.63) is 236 Å². The molecule has 1 aromatic heterocycles. The summed E-state index contributed by atoms with van der Waals surface area (Å²) < 4.78 is 41.2. The molecule has 0 radical (unpaired) electrons. The van der Waals surface area contributed by atoms with Gasteiger partial charge in [-0.15, -0.1) is 0 Å². The topological polar surface area (TPSA) is 11.4 Å². The molecule has 0 bridgehead atoms. The van der Waals surface area contributed by atoms with Crippen molar-refractivity contribution in [1.29, 1.82) is 0 Å². The van der Waals surface area contributed by atoms with Crippen LogP contribution in [-0.2, 0) is 0 Å². The van der Waals surface area contributed by atoms with Crippen LogP contribution in [0.25, 0.3) is 60.2 Å². The fourth-order valence-corrected chi connectivity index (χ4v) is 8.58. The van der Waals surface area contributed by atoms with E-state index in [2.05, 4.69) is 113 Å². The molecule has 0 N–H and O–H groups in total. The Bertz CT molecular complexity index is 3480. The highest BCUT2D eigenvalue weighted by molar-refractivity contribution is 6.11. The van der Waals surface area contributed by atoms with Crippen LogP contribution in [0.3, 0.4) is 0 Å². The van der Waals surface area contributed by atoms with Crippen molar-refractivity contribution in [2.24, 2.45) is 0 Å². The lowest BCUT2D eigenvalue weighted by Crippen LogP contribution is -2.11.